The number of nitro benzene ring substituents is 1. The normalized spacial score (nSPS) is 9.14. The van der Waals surface area contributed by atoms with Crippen LogP contribution >= 0.6 is 11.6 Å². The van der Waals surface area contributed by atoms with Crippen LogP contribution in [0.1, 0.15) is 0 Å². The summed E-state index contributed by atoms with van der Waals surface area (Å²) in [5, 5.41) is 21.5. The van der Waals surface area contributed by atoms with Crippen LogP contribution in [-0.4, -0.2) is 11.5 Å². The Morgan fingerprint density at radius 3 is 2.93 bits per heavy atom. The number of nitrogens with zero attached hydrogens (tertiary/aromatic N) is 2. The van der Waals surface area contributed by atoms with Crippen LogP contribution in [0.4, 0.5) is 11.4 Å². The van der Waals surface area contributed by atoms with Gasteiger partial charge in [-0.3, -0.25) is 10.1 Å². The lowest BCUT2D eigenvalue weighted by atomic mass is 10.3. The van der Waals surface area contributed by atoms with Crippen LogP contribution in [0.3, 0.4) is 0 Å². The number of halogens is 1. The molecule has 0 heterocycles. The molecule has 0 atom stereocenters. The fourth-order valence-corrected chi connectivity index (χ4v) is 1.09. The Hall–Kier alpha value is -1.80. The SMILES string of the molecule is N#CCNc1ccc(Cl)c([N+](=O)[O-])c1. The maximum atomic E-state index is 10.5. The van der Waals surface area contributed by atoms with E-state index >= 15 is 0 Å². The molecule has 0 aliphatic rings. The Bertz CT molecular complexity index is 400. The van der Waals surface area contributed by atoms with E-state index in [-0.39, 0.29) is 17.3 Å². The molecule has 6 heteroatoms. The summed E-state index contributed by atoms with van der Waals surface area (Å²) in [6.07, 6.45) is 0. The fraction of sp³-hybridized carbons (Fsp3) is 0.125. The largest absolute Gasteiger partial charge is 0.372 e. The molecule has 1 aromatic rings. The molecule has 1 aromatic carbocycles. The molecule has 0 amide bonds. The van der Waals surface area contributed by atoms with Gasteiger partial charge in [0.05, 0.1) is 11.0 Å². The minimum atomic E-state index is -0.570. The van der Waals surface area contributed by atoms with Crippen molar-refractivity contribution < 1.29 is 4.92 Å². The summed E-state index contributed by atoms with van der Waals surface area (Å²) in [6, 6.07) is 6.15. The molecule has 0 radical (unpaired) electrons. The number of benzene rings is 1. The average molecular weight is 212 g/mol. The lowest BCUT2D eigenvalue weighted by Crippen LogP contribution is -1.99. The van der Waals surface area contributed by atoms with Crippen molar-refractivity contribution in [1.29, 1.82) is 5.26 Å². The molecule has 1 rings (SSSR count). The number of hydrogen-bond acceptors (Lipinski definition) is 4. The van der Waals surface area contributed by atoms with E-state index in [1.54, 1.807) is 6.07 Å². The molecular formula is C8H6ClN3O2. The molecule has 0 saturated heterocycles. The van der Waals surface area contributed by atoms with Gasteiger partial charge in [0.2, 0.25) is 0 Å². The average Bonchev–Trinajstić information content (AvgIpc) is 2.16. The lowest BCUT2D eigenvalue weighted by molar-refractivity contribution is -0.384. The molecule has 0 bridgehead atoms. The van der Waals surface area contributed by atoms with E-state index in [9.17, 15) is 10.1 Å². The Balaban J connectivity index is 2.96. The first-order valence-corrected chi connectivity index (χ1v) is 4.07. The van der Waals surface area contributed by atoms with Crippen molar-refractivity contribution in [3.05, 3.63) is 33.3 Å². The minimum Gasteiger partial charge on any atom is -0.372 e. The minimum absolute atomic E-state index is 0.0810. The van der Waals surface area contributed by atoms with Crippen molar-refractivity contribution in [2.45, 2.75) is 0 Å². The number of hydrogen-bond donors (Lipinski definition) is 1. The molecule has 0 unspecified atom stereocenters. The molecule has 14 heavy (non-hydrogen) atoms. The second-order valence-corrected chi connectivity index (χ2v) is 2.84. The van der Waals surface area contributed by atoms with Gasteiger partial charge in [0.1, 0.15) is 11.6 Å². The van der Waals surface area contributed by atoms with Crippen LogP contribution in [0, 0.1) is 21.4 Å². The third-order valence-corrected chi connectivity index (χ3v) is 1.83. The van der Waals surface area contributed by atoms with Crippen LogP contribution in [0.2, 0.25) is 5.02 Å². The Morgan fingerprint density at radius 1 is 1.64 bits per heavy atom. The van der Waals surface area contributed by atoms with Gasteiger partial charge < -0.3 is 5.32 Å². The van der Waals surface area contributed by atoms with Gasteiger partial charge in [-0.25, -0.2) is 0 Å². The van der Waals surface area contributed by atoms with Crippen molar-refractivity contribution in [2.75, 3.05) is 11.9 Å². The van der Waals surface area contributed by atoms with E-state index in [4.69, 9.17) is 16.9 Å². The molecule has 1 N–H and O–H groups in total. The van der Waals surface area contributed by atoms with Crippen LogP contribution in [0.25, 0.3) is 0 Å². The predicted octanol–water partition coefficient (Wildman–Crippen LogP) is 2.18. The first-order chi connectivity index (χ1) is 6.65. The van der Waals surface area contributed by atoms with Crippen molar-refractivity contribution in [3.8, 4) is 6.07 Å². The molecule has 0 aliphatic carbocycles. The zero-order chi connectivity index (χ0) is 10.6. The quantitative estimate of drug-likeness (QED) is 0.472. The van der Waals surface area contributed by atoms with Crippen LogP contribution < -0.4 is 5.32 Å². The molecule has 72 valence electrons. The maximum Gasteiger partial charge on any atom is 0.289 e. The first-order valence-electron chi connectivity index (χ1n) is 3.70. The van der Waals surface area contributed by atoms with Crippen molar-refractivity contribution in [3.63, 3.8) is 0 Å². The molecule has 0 saturated carbocycles. The van der Waals surface area contributed by atoms with E-state index in [0.29, 0.717) is 5.69 Å². The lowest BCUT2D eigenvalue weighted by Gasteiger charge is -2.01. The zero-order valence-corrected chi connectivity index (χ0v) is 7.78. The Kier molecular flexibility index (Phi) is 3.26. The van der Waals surface area contributed by atoms with E-state index in [1.165, 1.54) is 12.1 Å². The third kappa shape index (κ3) is 2.34. The summed E-state index contributed by atoms with van der Waals surface area (Å²) < 4.78 is 0. The van der Waals surface area contributed by atoms with Crippen LogP contribution in [0.5, 0.6) is 0 Å². The predicted molar refractivity (Wildman–Crippen MR) is 52.2 cm³/mol. The smallest absolute Gasteiger partial charge is 0.289 e. The van der Waals surface area contributed by atoms with Crippen LogP contribution in [0.15, 0.2) is 18.2 Å². The summed E-state index contributed by atoms with van der Waals surface area (Å²) in [5.74, 6) is 0. The van der Waals surface area contributed by atoms with Gasteiger partial charge in [0.25, 0.3) is 5.69 Å². The highest BCUT2D eigenvalue weighted by molar-refractivity contribution is 6.32. The monoisotopic (exact) mass is 211 g/mol. The summed E-state index contributed by atoms with van der Waals surface area (Å²) in [7, 11) is 0. The summed E-state index contributed by atoms with van der Waals surface area (Å²) in [6.45, 7) is 0.0960. The van der Waals surface area contributed by atoms with Gasteiger partial charge in [0, 0.05) is 11.8 Å². The number of nitriles is 1. The van der Waals surface area contributed by atoms with E-state index < -0.39 is 4.92 Å². The molecule has 0 aliphatic heterocycles. The first kappa shape index (κ1) is 10.3. The topological polar surface area (TPSA) is 79.0 Å². The van der Waals surface area contributed by atoms with Gasteiger partial charge in [-0.15, -0.1) is 0 Å². The second kappa shape index (κ2) is 4.44. The molecule has 0 aromatic heterocycles. The fourth-order valence-electron chi connectivity index (χ4n) is 0.904. The highest BCUT2D eigenvalue weighted by atomic mass is 35.5. The summed E-state index contributed by atoms with van der Waals surface area (Å²) >= 11 is 5.59. The van der Waals surface area contributed by atoms with Crippen molar-refractivity contribution in [1.82, 2.24) is 0 Å². The van der Waals surface area contributed by atoms with Gasteiger partial charge in [0.15, 0.2) is 0 Å². The maximum absolute atomic E-state index is 10.5. The van der Waals surface area contributed by atoms with E-state index in [1.807, 2.05) is 6.07 Å². The standard InChI is InChI=1S/C8H6ClN3O2/c9-7-2-1-6(11-4-3-10)5-8(7)12(13)14/h1-2,5,11H,4H2. The van der Waals surface area contributed by atoms with Gasteiger partial charge in [-0.2, -0.15) is 5.26 Å². The van der Waals surface area contributed by atoms with Crippen molar-refractivity contribution >= 4 is 23.0 Å². The third-order valence-electron chi connectivity index (χ3n) is 1.51. The highest BCUT2D eigenvalue weighted by Gasteiger charge is 2.12. The number of nitrogens with one attached hydrogen (secondary N) is 1. The van der Waals surface area contributed by atoms with Gasteiger partial charge in [-0.1, -0.05) is 11.6 Å². The molecule has 0 spiro atoms. The molecular weight excluding hydrogens is 206 g/mol. The van der Waals surface area contributed by atoms with E-state index in [0.717, 1.165) is 0 Å². The molecule has 5 nitrogen and oxygen atoms in total. The summed E-state index contributed by atoms with van der Waals surface area (Å²) in [5.41, 5.74) is 0.331. The number of rotatable bonds is 3. The summed E-state index contributed by atoms with van der Waals surface area (Å²) in [4.78, 5) is 9.91. The Labute approximate surface area is 85.1 Å². The number of nitro groups is 1. The van der Waals surface area contributed by atoms with Gasteiger partial charge >= 0.3 is 0 Å². The second-order valence-electron chi connectivity index (χ2n) is 2.43. The van der Waals surface area contributed by atoms with Crippen molar-refractivity contribution in [2.24, 2.45) is 0 Å². The van der Waals surface area contributed by atoms with E-state index in [2.05, 4.69) is 5.32 Å². The molecule has 0 fully saturated rings. The highest BCUT2D eigenvalue weighted by Crippen LogP contribution is 2.27. The zero-order valence-electron chi connectivity index (χ0n) is 7.03. The number of anilines is 1. The Morgan fingerprint density at radius 2 is 2.36 bits per heavy atom. The van der Waals surface area contributed by atoms with Gasteiger partial charge in [-0.05, 0) is 12.1 Å². The van der Waals surface area contributed by atoms with Crippen LogP contribution in [-0.2, 0) is 0 Å².